The van der Waals surface area contributed by atoms with Crippen LogP contribution >= 0.6 is 23.2 Å². The molecule has 208 valence electrons. The number of hydrogen-bond donors (Lipinski definition) is 2. The van der Waals surface area contributed by atoms with E-state index in [9.17, 15) is 14.9 Å². The van der Waals surface area contributed by atoms with Crippen LogP contribution in [-0.2, 0) is 4.79 Å². The third-order valence-corrected chi connectivity index (χ3v) is 8.74. The predicted molar refractivity (Wildman–Crippen MR) is 156 cm³/mol. The van der Waals surface area contributed by atoms with E-state index in [0.29, 0.717) is 22.1 Å². The number of ether oxygens (including phenoxy) is 1. The largest absolute Gasteiger partial charge is 0.422 e. The topological polar surface area (TPSA) is 113 Å². The van der Waals surface area contributed by atoms with Crippen molar-refractivity contribution < 1.29 is 9.53 Å². The molecule has 1 aliphatic carbocycles. The number of nitrogens with one attached hydrogen (secondary N) is 1. The normalized spacial score (nSPS) is 22.1. The van der Waals surface area contributed by atoms with Crippen LogP contribution in [0.25, 0.3) is 16.8 Å². The fourth-order valence-corrected chi connectivity index (χ4v) is 6.62. The van der Waals surface area contributed by atoms with Crippen molar-refractivity contribution in [2.45, 2.75) is 61.3 Å². The Morgan fingerprint density at radius 3 is 2.10 bits per heavy atom. The predicted octanol–water partition coefficient (Wildman–Crippen LogP) is 7.33. The number of fused-ring (bicyclic) bond motifs is 1. The van der Waals surface area contributed by atoms with Gasteiger partial charge in [0.2, 0.25) is 0 Å². The van der Waals surface area contributed by atoms with Gasteiger partial charge < -0.3 is 15.5 Å². The van der Waals surface area contributed by atoms with E-state index in [1.807, 2.05) is 6.07 Å². The van der Waals surface area contributed by atoms with Gasteiger partial charge in [-0.15, -0.1) is 0 Å². The second-order valence-electron chi connectivity index (χ2n) is 13.0. The maximum Gasteiger partial charge on any atom is 0.315 e. The standard InChI is InChI=1S/C30H36Cl2N4O3/c1-15-12-19(29(2,3)4)22(20(13-15)30(5,6)7)28(38)39-23-21(16-8-10-17(31)11-9-16)24(32)36-26(23)35-25(34)18(14-33)27(36)37/h8-11,15,19-20,22,35H,12-13,34H2,1-7H3. The van der Waals surface area contributed by atoms with Crippen LogP contribution in [0.5, 0.6) is 5.75 Å². The van der Waals surface area contributed by atoms with Crippen molar-refractivity contribution in [3.05, 3.63) is 50.4 Å². The zero-order valence-corrected chi connectivity index (χ0v) is 25.0. The number of nitrogens with zero attached hydrogens (tertiary/aromatic N) is 2. The van der Waals surface area contributed by atoms with Crippen LogP contribution in [0.1, 0.15) is 66.9 Å². The molecule has 1 aliphatic rings. The van der Waals surface area contributed by atoms with Crippen molar-refractivity contribution in [2.75, 3.05) is 5.73 Å². The molecule has 0 spiro atoms. The number of H-pyrrole nitrogens is 1. The molecule has 3 N–H and O–H groups in total. The summed E-state index contributed by atoms with van der Waals surface area (Å²) in [4.78, 5) is 30.4. The molecule has 0 radical (unpaired) electrons. The molecule has 39 heavy (non-hydrogen) atoms. The van der Waals surface area contributed by atoms with Gasteiger partial charge in [0.15, 0.2) is 17.0 Å². The Morgan fingerprint density at radius 1 is 1.08 bits per heavy atom. The molecule has 1 saturated carbocycles. The SMILES string of the molecule is CC1CC(C(C)(C)C)C(C(=O)Oc2c(-c3ccc(Cl)cc3)c(Cl)n3c(=O)c(C#N)c(N)[nH]c23)C(C(C)(C)C)C1. The lowest BCUT2D eigenvalue weighted by Gasteiger charge is -2.49. The summed E-state index contributed by atoms with van der Waals surface area (Å²) < 4.78 is 7.42. The van der Waals surface area contributed by atoms with Gasteiger partial charge in [0, 0.05) is 5.02 Å². The van der Waals surface area contributed by atoms with Crippen molar-refractivity contribution in [3.8, 4) is 22.9 Å². The van der Waals surface area contributed by atoms with Gasteiger partial charge in [0.1, 0.15) is 17.0 Å². The average molecular weight is 572 g/mol. The van der Waals surface area contributed by atoms with Crippen LogP contribution in [-0.4, -0.2) is 15.4 Å². The van der Waals surface area contributed by atoms with Crippen LogP contribution in [0.2, 0.25) is 10.2 Å². The number of hydrogen-bond acceptors (Lipinski definition) is 5. The minimum Gasteiger partial charge on any atom is -0.422 e. The van der Waals surface area contributed by atoms with E-state index in [1.54, 1.807) is 24.3 Å². The van der Waals surface area contributed by atoms with Crippen molar-refractivity contribution in [1.29, 1.82) is 5.26 Å². The minimum atomic E-state index is -0.696. The number of nitrogen functional groups attached to an aromatic ring is 1. The highest BCUT2D eigenvalue weighted by molar-refractivity contribution is 6.34. The summed E-state index contributed by atoms with van der Waals surface area (Å²) in [6, 6.07) is 8.67. The van der Waals surface area contributed by atoms with Crippen molar-refractivity contribution in [3.63, 3.8) is 0 Å². The van der Waals surface area contributed by atoms with Crippen LogP contribution in [0, 0.1) is 45.8 Å². The molecule has 2 unspecified atom stereocenters. The van der Waals surface area contributed by atoms with E-state index in [4.69, 9.17) is 33.7 Å². The minimum absolute atomic E-state index is 0.00452. The summed E-state index contributed by atoms with van der Waals surface area (Å²) in [6.07, 6.45) is 1.82. The van der Waals surface area contributed by atoms with Crippen molar-refractivity contribution in [2.24, 2.45) is 34.5 Å². The smallest absolute Gasteiger partial charge is 0.315 e. The Labute approximate surface area is 239 Å². The number of aromatic nitrogens is 2. The first-order valence-electron chi connectivity index (χ1n) is 13.2. The molecule has 2 heterocycles. The molecule has 0 amide bonds. The number of nitriles is 1. The van der Waals surface area contributed by atoms with Gasteiger partial charge in [0.25, 0.3) is 5.56 Å². The number of aromatic amines is 1. The molecule has 0 saturated heterocycles. The highest BCUT2D eigenvalue weighted by Crippen LogP contribution is 2.53. The molecule has 1 aromatic carbocycles. The summed E-state index contributed by atoms with van der Waals surface area (Å²) in [6.45, 7) is 15.3. The molecule has 2 atom stereocenters. The second-order valence-corrected chi connectivity index (χ2v) is 13.8. The number of carbonyl (C=O) groups excluding carboxylic acids is 1. The highest BCUT2D eigenvalue weighted by atomic mass is 35.5. The molecule has 3 aromatic rings. The molecule has 4 rings (SSSR count). The van der Waals surface area contributed by atoms with Crippen molar-refractivity contribution >= 4 is 40.6 Å². The van der Waals surface area contributed by atoms with Gasteiger partial charge in [-0.1, -0.05) is 83.8 Å². The molecule has 9 heteroatoms. The number of carbonyl (C=O) groups is 1. The first-order valence-corrected chi connectivity index (χ1v) is 13.9. The molecular formula is C30H36Cl2N4O3. The third-order valence-electron chi connectivity index (χ3n) is 8.13. The van der Waals surface area contributed by atoms with Gasteiger partial charge in [-0.25, -0.2) is 4.40 Å². The molecule has 1 fully saturated rings. The van der Waals surface area contributed by atoms with E-state index in [-0.39, 0.29) is 62.5 Å². The summed E-state index contributed by atoms with van der Waals surface area (Å²) in [5.41, 5.74) is 5.84. The Morgan fingerprint density at radius 2 is 1.62 bits per heavy atom. The fraction of sp³-hybridized carbons (Fsp3) is 0.500. The molecule has 0 aliphatic heterocycles. The molecular weight excluding hydrogens is 535 g/mol. The van der Waals surface area contributed by atoms with E-state index in [1.165, 1.54) is 0 Å². The van der Waals surface area contributed by atoms with Crippen LogP contribution in [0.4, 0.5) is 5.82 Å². The number of benzene rings is 1. The van der Waals surface area contributed by atoms with Gasteiger partial charge in [-0.3, -0.25) is 9.59 Å². The number of rotatable bonds is 3. The first kappa shape index (κ1) is 29.0. The van der Waals surface area contributed by atoms with Gasteiger partial charge >= 0.3 is 5.97 Å². The van der Waals surface area contributed by atoms with Crippen LogP contribution in [0.3, 0.4) is 0 Å². The Hall–Kier alpha value is -2.95. The highest BCUT2D eigenvalue weighted by Gasteiger charge is 2.50. The van der Waals surface area contributed by atoms with Gasteiger partial charge in [-0.05, 0) is 59.1 Å². The Balaban J connectivity index is 1.95. The quantitative estimate of drug-likeness (QED) is 0.320. The van der Waals surface area contributed by atoms with Gasteiger partial charge in [0.05, 0.1) is 11.5 Å². The maximum absolute atomic E-state index is 14.3. The molecule has 2 aromatic heterocycles. The zero-order valence-electron chi connectivity index (χ0n) is 23.5. The second kappa shape index (κ2) is 10.2. The summed E-state index contributed by atoms with van der Waals surface area (Å²) in [5, 5.41) is 10.0. The monoisotopic (exact) mass is 570 g/mol. The summed E-state index contributed by atoms with van der Waals surface area (Å²) >= 11 is 12.9. The number of nitrogens with two attached hydrogens (primary N) is 1. The third kappa shape index (κ3) is 5.29. The van der Waals surface area contributed by atoms with Gasteiger partial charge in [-0.2, -0.15) is 5.26 Å². The average Bonchev–Trinajstić information content (AvgIpc) is 3.09. The number of esters is 1. The number of halogens is 2. The van der Waals surface area contributed by atoms with Crippen LogP contribution in [0.15, 0.2) is 29.1 Å². The lowest BCUT2D eigenvalue weighted by Crippen LogP contribution is -2.48. The Kier molecular flexibility index (Phi) is 7.61. The number of anilines is 1. The lowest BCUT2D eigenvalue weighted by atomic mass is 9.55. The van der Waals surface area contributed by atoms with E-state index < -0.39 is 5.56 Å². The zero-order chi connectivity index (χ0) is 29.0. The summed E-state index contributed by atoms with van der Waals surface area (Å²) in [7, 11) is 0. The molecule has 0 bridgehead atoms. The van der Waals surface area contributed by atoms with Crippen LogP contribution < -0.4 is 16.0 Å². The Bertz CT molecular complexity index is 1490. The van der Waals surface area contributed by atoms with Crippen molar-refractivity contribution in [1.82, 2.24) is 9.38 Å². The van der Waals surface area contributed by atoms with E-state index >= 15 is 0 Å². The maximum atomic E-state index is 14.3. The fourth-order valence-electron chi connectivity index (χ4n) is 6.14. The van der Waals surface area contributed by atoms with E-state index in [0.717, 1.165) is 17.2 Å². The summed E-state index contributed by atoms with van der Waals surface area (Å²) in [5.74, 6) is -0.153. The first-order chi connectivity index (χ1) is 18.1. The lowest BCUT2D eigenvalue weighted by molar-refractivity contribution is -0.152. The van der Waals surface area contributed by atoms with E-state index in [2.05, 4.69) is 53.5 Å². The molecule has 7 nitrogen and oxygen atoms in total.